The molecule has 2 heteroatoms. The maximum Gasteiger partial charge on any atom is 0.0859 e. The molecule has 2 atom stereocenters. The molecule has 0 aliphatic carbocycles. The standard InChI is InChI=1S/C9H11NO/c11-8-6-10-9(8)7-4-2-1-3-5-7/h1-5,8-11H,6H2/t8-,9+/m0/s1. The predicted octanol–water partition coefficient (Wildman–Crippen LogP) is 0.692. The molecule has 0 saturated carbocycles. The van der Waals surface area contributed by atoms with Crippen molar-refractivity contribution in [2.24, 2.45) is 0 Å². The quantitative estimate of drug-likeness (QED) is 0.615. The molecule has 1 aliphatic heterocycles. The van der Waals surface area contributed by atoms with E-state index in [1.165, 1.54) is 5.56 Å². The molecule has 1 aliphatic rings. The second-order valence-corrected chi connectivity index (χ2v) is 2.86. The third-order valence-electron chi connectivity index (χ3n) is 2.09. The van der Waals surface area contributed by atoms with Gasteiger partial charge in [-0.3, -0.25) is 0 Å². The van der Waals surface area contributed by atoms with E-state index in [0.717, 1.165) is 6.54 Å². The van der Waals surface area contributed by atoms with Crippen LogP contribution in [0.3, 0.4) is 0 Å². The Hall–Kier alpha value is -0.860. The zero-order valence-electron chi connectivity index (χ0n) is 6.20. The summed E-state index contributed by atoms with van der Waals surface area (Å²) in [5, 5.41) is 12.5. The van der Waals surface area contributed by atoms with Gasteiger partial charge in [0.2, 0.25) is 0 Å². The van der Waals surface area contributed by atoms with Crippen LogP contribution in [0.25, 0.3) is 0 Å². The molecule has 0 radical (unpaired) electrons. The fourth-order valence-electron chi connectivity index (χ4n) is 1.34. The highest BCUT2D eigenvalue weighted by Gasteiger charge is 2.28. The van der Waals surface area contributed by atoms with Gasteiger partial charge in [0, 0.05) is 6.54 Å². The Morgan fingerprint density at radius 3 is 2.45 bits per heavy atom. The fourth-order valence-corrected chi connectivity index (χ4v) is 1.34. The van der Waals surface area contributed by atoms with Crippen molar-refractivity contribution in [1.29, 1.82) is 0 Å². The van der Waals surface area contributed by atoms with E-state index in [1.54, 1.807) is 0 Å². The minimum atomic E-state index is -0.197. The summed E-state index contributed by atoms with van der Waals surface area (Å²) in [6, 6.07) is 10.2. The normalized spacial score (nSPS) is 29.5. The molecule has 0 spiro atoms. The highest BCUT2D eigenvalue weighted by atomic mass is 16.3. The van der Waals surface area contributed by atoms with Gasteiger partial charge in [0.05, 0.1) is 12.1 Å². The van der Waals surface area contributed by atoms with Gasteiger partial charge in [0.25, 0.3) is 0 Å². The number of β-amino-alcohol motifs (C(OH)–C–C–N with tert-alkyl or cyclic N) is 1. The molecule has 1 heterocycles. The van der Waals surface area contributed by atoms with Gasteiger partial charge >= 0.3 is 0 Å². The summed E-state index contributed by atoms with van der Waals surface area (Å²) in [4.78, 5) is 0. The maximum absolute atomic E-state index is 9.30. The molecule has 1 fully saturated rings. The number of aliphatic hydroxyl groups excluding tert-OH is 1. The monoisotopic (exact) mass is 149 g/mol. The van der Waals surface area contributed by atoms with Crippen molar-refractivity contribution < 1.29 is 5.11 Å². The molecule has 58 valence electrons. The van der Waals surface area contributed by atoms with Crippen LogP contribution >= 0.6 is 0 Å². The molecule has 11 heavy (non-hydrogen) atoms. The first-order valence-corrected chi connectivity index (χ1v) is 3.84. The zero-order valence-corrected chi connectivity index (χ0v) is 6.20. The lowest BCUT2D eigenvalue weighted by atomic mass is 9.95. The number of rotatable bonds is 1. The summed E-state index contributed by atoms with van der Waals surface area (Å²) < 4.78 is 0. The third kappa shape index (κ3) is 1.15. The topological polar surface area (TPSA) is 32.3 Å². The summed E-state index contributed by atoms with van der Waals surface area (Å²) in [7, 11) is 0. The number of benzene rings is 1. The summed E-state index contributed by atoms with van der Waals surface area (Å²) in [6.07, 6.45) is -0.197. The Labute approximate surface area is 65.9 Å². The molecular weight excluding hydrogens is 138 g/mol. The molecule has 2 rings (SSSR count). The number of hydrogen-bond acceptors (Lipinski definition) is 2. The van der Waals surface area contributed by atoms with Crippen LogP contribution < -0.4 is 5.32 Å². The average Bonchev–Trinajstić information content (AvgIpc) is 2.04. The molecule has 1 aromatic rings. The predicted molar refractivity (Wildman–Crippen MR) is 43.2 cm³/mol. The Kier molecular flexibility index (Phi) is 1.64. The van der Waals surface area contributed by atoms with E-state index in [4.69, 9.17) is 0 Å². The molecule has 2 N–H and O–H groups in total. The van der Waals surface area contributed by atoms with Crippen LogP contribution in [0.2, 0.25) is 0 Å². The second-order valence-electron chi connectivity index (χ2n) is 2.86. The van der Waals surface area contributed by atoms with E-state index in [9.17, 15) is 5.11 Å². The van der Waals surface area contributed by atoms with Crippen LogP contribution in [0.5, 0.6) is 0 Å². The maximum atomic E-state index is 9.30. The van der Waals surface area contributed by atoms with E-state index in [1.807, 2.05) is 30.3 Å². The highest BCUT2D eigenvalue weighted by molar-refractivity contribution is 5.22. The second kappa shape index (κ2) is 2.64. The van der Waals surface area contributed by atoms with Crippen molar-refractivity contribution in [3.8, 4) is 0 Å². The van der Waals surface area contributed by atoms with Gasteiger partial charge in [0.15, 0.2) is 0 Å². The lowest BCUT2D eigenvalue weighted by molar-refractivity contribution is 0.0611. The van der Waals surface area contributed by atoms with Gasteiger partial charge in [-0.05, 0) is 5.56 Å². The lowest BCUT2D eigenvalue weighted by Gasteiger charge is -2.34. The van der Waals surface area contributed by atoms with Crippen molar-refractivity contribution >= 4 is 0 Å². The molecular formula is C9H11NO. The Morgan fingerprint density at radius 1 is 1.27 bits per heavy atom. The first-order chi connectivity index (χ1) is 5.38. The van der Waals surface area contributed by atoms with Gasteiger partial charge < -0.3 is 10.4 Å². The number of aliphatic hydroxyl groups is 1. The molecule has 1 aromatic carbocycles. The molecule has 0 bridgehead atoms. The minimum Gasteiger partial charge on any atom is -0.390 e. The summed E-state index contributed by atoms with van der Waals surface area (Å²) >= 11 is 0. The lowest BCUT2D eigenvalue weighted by Crippen LogP contribution is -2.49. The SMILES string of the molecule is O[C@H]1CN[C@@H]1c1ccccc1. The van der Waals surface area contributed by atoms with Crippen LogP contribution in [0.15, 0.2) is 30.3 Å². The number of hydrogen-bond donors (Lipinski definition) is 2. The Bertz CT molecular complexity index is 235. The summed E-state index contributed by atoms with van der Waals surface area (Å²) in [6.45, 7) is 0.722. The Morgan fingerprint density at radius 2 is 2.00 bits per heavy atom. The van der Waals surface area contributed by atoms with Gasteiger partial charge in [-0.25, -0.2) is 0 Å². The Balaban J connectivity index is 2.17. The molecule has 2 nitrogen and oxygen atoms in total. The molecule has 0 aromatic heterocycles. The minimum absolute atomic E-state index is 0.163. The van der Waals surface area contributed by atoms with Crippen molar-refractivity contribution in [1.82, 2.24) is 5.32 Å². The van der Waals surface area contributed by atoms with Gasteiger partial charge in [-0.1, -0.05) is 30.3 Å². The van der Waals surface area contributed by atoms with Crippen LogP contribution in [-0.4, -0.2) is 17.8 Å². The number of nitrogens with one attached hydrogen (secondary N) is 1. The average molecular weight is 149 g/mol. The van der Waals surface area contributed by atoms with E-state index >= 15 is 0 Å². The zero-order chi connectivity index (χ0) is 7.68. The van der Waals surface area contributed by atoms with E-state index in [0.29, 0.717) is 0 Å². The largest absolute Gasteiger partial charge is 0.390 e. The van der Waals surface area contributed by atoms with Gasteiger partial charge in [-0.15, -0.1) is 0 Å². The van der Waals surface area contributed by atoms with Crippen LogP contribution in [0.1, 0.15) is 11.6 Å². The van der Waals surface area contributed by atoms with Gasteiger partial charge in [-0.2, -0.15) is 0 Å². The summed E-state index contributed by atoms with van der Waals surface area (Å²) in [5.41, 5.74) is 1.17. The van der Waals surface area contributed by atoms with E-state index in [2.05, 4.69) is 5.32 Å². The van der Waals surface area contributed by atoms with Crippen molar-refractivity contribution in [3.05, 3.63) is 35.9 Å². The van der Waals surface area contributed by atoms with Crippen LogP contribution in [0.4, 0.5) is 0 Å². The van der Waals surface area contributed by atoms with Crippen molar-refractivity contribution in [2.75, 3.05) is 6.54 Å². The first-order valence-electron chi connectivity index (χ1n) is 3.84. The smallest absolute Gasteiger partial charge is 0.0859 e. The van der Waals surface area contributed by atoms with E-state index in [-0.39, 0.29) is 12.1 Å². The third-order valence-corrected chi connectivity index (χ3v) is 2.09. The van der Waals surface area contributed by atoms with Crippen molar-refractivity contribution in [2.45, 2.75) is 12.1 Å². The highest BCUT2D eigenvalue weighted by Crippen LogP contribution is 2.22. The van der Waals surface area contributed by atoms with Crippen LogP contribution in [-0.2, 0) is 0 Å². The molecule has 0 amide bonds. The molecule has 1 saturated heterocycles. The fraction of sp³-hybridized carbons (Fsp3) is 0.333. The van der Waals surface area contributed by atoms with Crippen LogP contribution in [0, 0.1) is 0 Å². The van der Waals surface area contributed by atoms with Crippen molar-refractivity contribution in [3.63, 3.8) is 0 Å². The summed E-state index contributed by atoms with van der Waals surface area (Å²) in [5.74, 6) is 0. The van der Waals surface area contributed by atoms with E-state index < -0.39 is 0 Å². The first kappa shape index (κ1) is 6.83. The van der Waals surface area contributed by atoms with Gasteiger partial charge in [0.1, 0.15) is 0 Å². The molecule has 0 unspecified atom stereocenters.